The van der Waals surface area contributed by atoms with Gasteiger partial charge in [-0.05, 0) is 29.4 Å². The molecule has 22 heavy (non-hydrogen) atoms. The Balaban J connectivity index is 0.00000116. The fourth-order valence-electron chi connectivity index (χ4n) is 2.41. The van der Waals surface area contributed by atoms with Gasteiger partial charge in [-0.2, -0.15) is 8.42 Å². The van der Waals surface area contributed by atoms with Crippen molar-refractivity contribution in [2.45, 2.75) is 17.7 Å². The lowest BCUT2D eigenvalue weighted by Gasteiger charge is -2.14. The van der Waals surface area contributed by atoms with Crippen LogP contribution in [0.3, 0.4) is 0 Å². The van der Waals surface area contributed by atoms with Crippen molar-refractivity contribution in [3.05, 3.63) is 66.8 Å². The second kappa shape index (κ2) is 7.68. The van der Waals surface area contributed by atoms with Crippen LogP contribution >= 0.6 is 0 Å². The standard InChI is InChI=1S/C16H16O3S.CH2O/c1-3-7-12-11-13-9-5-6-10-15(13)16(20(17,18)19)14(12)8-4-2;1-2/h3-6,9-11H,1-2,7-8H2,(H,17,18,19);1H2. The Morgan fingerprint density at radius 2 is 1.64 bits per heavy atom. The third-order valence-electron chi connectivity index (χ3n) is 3.17. The molecule has 0 saturated heterocycles. The first-order valence-corrected chi connectivity index (χ1v) is 7.94. The molecule has 1 N–H and O–H groups in total. The van der Waals surface area contributed by atoms with Gasteiger partial charge in [-0.3, -0.25) is 4.55 Å². The maximum atomic E-state index is 11.8. The highest BCUT2D eigenvalue weighted by Crippen LogP contribution is 2.31. The van der Waals surface area contributed by atoms with Crippen molar-refractivity contribution in [3.63, 3.8) is 0 Å². The topological polar surface area (TPSA) is 71.4 Å². The summed E-state index contributed by atoms with van der Waals surface area (Å²) >= 11 is 0. The largest absolute Gasteiger partial charge is 0.307 e. The Bertz CT molecular complexity index is 792. The molecule has 0 fully saturated rings. The van der Waals surface area contributed by atoms with Gasteiger partial charge in [0.25, 0.3) is 10.1 Å². The Hall–Kier alpha value is -2.24. The summed E-state index contributed by atoms with van der Waals surface area (Å²) in [6, 6.07) is 9.05. The molecule has 0 unspecified atom stereocenters. The van der Waals surface area contributed by atoms with Crippen LogP contribution in [0.4, 0.5) is 0 Å². The molecule has 0 radical (unpaired) electrons. The van der Waals surface area contributed by atoms with Crippen LogP contribution in [0.1, 0.15) is 11.1 Å². The van der Waals surface area contributed by atoms with Crippen LogP contribution in [-0.2, 0) is 27.8 Å². The average molecular weight is 318 g/mol. The molecule has 0 aliphatic rings. The van der Waals surface area contributed by atoms with Crippen molar-refractivity contribution in [1.29, 1.82) is 0 Å². The number of carbonyl (C=O) groups excluding carboxylic acids is 1. The summed E-state index contributed by atoms with van der Waals surface area (Å²) in [5, 5.41) is 1.31. The zero-order valence-electron chi connectivity index (χ0n) is 12.2. The van der Waals surface area contributed by atoms with Gasteiger partial charge in [0, 0.05) is 5.39 Å². The number of fused-ring (bicyclic) bond motifs is 1. The van der Waals surface area contributed by atoms with E-state index >= 15 is 0 Å². The summed E-state index contributed by atoms with van der Waals surface area (Å²) in [5.41, 5.74) is 1.42. The average Bonchev–Trinajstić information content (AvgIpc) is 2.49. The monoisotopic (exact) mass is 318 g/mol. The zero-order chi connectivity index (χ0) is 16.8. The van der Waals surface area contributed by atoms with E-state index in [-0.39, 0.29) is 4.90 Å². The molecule has 0 aliphatic heterocycles. The fourth-order valence-corrected chi connectivity index (χ4v) is 3.40. The first-order valence-electron chi connectivity index (χ1n) is 6.50. The summed E-state index contributed by atoms with van der Waals surface area (Å²) in [6.45, 7) is 9.35. The molecule has 0 heterocycles. The predicted molar refractivity (Wildman–Crippen MR) is 88.7 cm³/mol. The van der Waals surface area contributed by atoms with E-state index in [1.54, 1.807) is 24.3 Å². The van der Waals surface area contributed by atoms with Crippen LogP contribution in [0, 0.1) is 0 Å². The molecule has 2 aromatic carbocycles. The highest BCUT2D eigenvalue weighted by Gasteiger charge is 2.21. The van der Waals surface area contributed by atoms with E-state index < -0.39 is 10.1 Å². The molecule has 0 bridgehead atoms. The lowest BCUT2D eigenvalue weighted by molar-refractivity contribution is -0.0979. The smallest absolute Gasteiger partial charge is 0.295 e. The molecular formula is C17H18O4S. The first-order chi connectivity index (χ1) is 10.5. The van der Waals surface area contributed by atoms with Crippen molar-refractivity contribution in [2.75, 3.05) is 0 Å². The number of carbonyl (C=O) groups is 1. The van der Waals surface area contributed by atoms with Gasteiger partial charge >= 0.3 is 0 Å². The molecule has 0 saturated carbocycles. The minimum Gasteiger partial charge on any atom is -0.307 e. The SMILES string of the molecule is C=CCc1cc2ccccc2c(S(=O)(=O)O)c1CC=C.C=O. The molecule has 116 valence electrons. The van der Waals surface area contributed by atoms with E-state index in [0.29, 0.717) is 23.8 Å². The Kier molecular flexibility index (Phi) is 6.22. The van der Waals surface area contributed by atoms with Gasteiger partial charge in [-0.25, -0.2) is 0 Å². The molecule has 0 amide bonds. The molecule has 0 aliphatic carbocycles. The fraction of sp³-hybridized carbons (Fsp3) is 0.118. The second-order valence-corrected chi connectivity index (χ2v) is 5.88. The van der Waals surface area contributed by atoms with Crippen LogP contribution in [0.15, 0.2) is 60.5 Å². The normalized spacial score (nSPS) is 10.6. The molecule has 2 aromatic rings. The third kappa shape index (κ3) is 3.69. The summed E-state index contributed by atoms with van der Waals surface area (Å²) < 4.78 is 33.2. The van der Waals surface area contributed by atoms with Crippen LogP contribution in [0.25, 0.3) is 10.8 Å². The molecule has 0 atom stereocenters. The van der Waals surface area contributed by atoms with Crippen molar-refractivity contribution in [1.82, 2.24) is 0 Å². The van der Waals surface area contributed by atoms with Crippen molar-refractivity contribution >= 4 is 27.7 Å². The van der Waals surface area contributed by atoms with Gasteiger partial charge in [0.1, 0.15) is 11.7 Å². The summed E-state index contributed by atoms with van der Waals surface area (Å²) in [6.07, 6.45) is 4.26. The first kappa shape index (κ1) is 17.8. The third-order valence-corrected chi connectivity index (χ3v) is 4.15. The van der Waals surface area contributed by atoms with Crippen molar-refractivity contribution in [2.24, 2.45) is 0 Å². The van der Waals surface area contributed by atoms with E-state index in [4.69, 9.17) is 4.79 Å². The summed E-state index contributed by atoms with van der Waals surface area (Å²) in [7, 11) is -4.31. The maximum absolute atomic E-state index is 11.8. The minimum atomic E-state index is -4.31. The Morgan fingerprint density at radius 1 is 1.05 bits per heavy atom. The van der Waals surface area contributed by atoms with Gasteiger partial charge in [-0.1, -0.05) is 42.5 Å². The summed E-state index contributed by atoms with van der Waals surface area (Å²) in [5.74, 6) is 0. The molecule has 0 spiro atoms. The van der Waals surface area contributed by atoms with E-state index in [1.165, 1.54) is 0 Å². The van der Waals surface area contributed by atoms with Crippen LogP contribution in [0.5, 0.6) is 0 Å². The molecule has 5 heteroatoms. The van der Waals surface area contributed by atoms with Crippen molar-refractivity contribution in [3.8, 4) is 0 Å². The van der Waals surface area contributed by atoms with Gasteiger partial charge in [0.2, 0.25) is 0 Å². The van der Waals surface area contributed by atoms with Crippen LogP contribution in [-0.4, -0.2) is 19.8 Å². The number of hydrogen-bond donors (Lipinski definition) is 1. The van der Waals surface area contributed by atoms with Gasteiger partial charge in [-0.15, -0.1) is 13.2 Å². The van der Waals surface area contributed by atoms with E-state index in [2.05, 4.69) is 13.2 Å². The quantitative estimate of drug-likeness (QED) is 0.678. The number of benzene rings is 2. The maximum Gasteiger partial charge on any atom is 0.295 e. The molecule has 2 rings (SSSR count). The van der Waals surface area contributed by atoms with E-state index in [9.17, 15) is 13.0 Å². The number of allylic oxidation sites excluding steroid dienone is 2. The molecule has 4 nitrogen and oxygen atoms in total. The van der Waals surface area contributed by atoms with Crippen LogP contribution in [0.2, 0.25) is 0 Å². The highest BCUT2D eigenvalue weighted by atomic mass is 32.2. The minimum absolute atomic E-state index is 0.0210. The van der Waals surface area contributed by atoms with Gasteiger partial charge in [0.05, 0.1) is 0 Å². The predicted octanol–water partition coefficient (Wildman–Crippen LogP) is 3.36. The molecule has 0 aromatic heterocycles. The molecular weight excluding hydrogens is 300 g/mol. The number of hydrogen-bond acceptors (Lipinski definition) is 3. The van der Waals surface area contributed by atoms with E-state index in [1.807, 2.05) is 25.0 Å². The van der Waals surface area contributed by atoms with Gasteiger partial charge < -0.3 is 4.79 Å². The van der Waals surface area contributed by atoms with Crippen LogP contribution < -0.4 is 0 Å². The Morgan fingerprint density at radius 3 is 2.18 bits per heavy atom. The zero-order valence-corrected chi connectivity index (χ0v) is 13.0. The van der Waals surface area contributed by atoms with E-state index in [0.717, 1.165) is 10.9 Å². The Labute approximate surface area is 130 Å². The summed E-state index contributed by atoms with van der Waals surface area (Å²) in [4.78, 5) is 7.98. The van der Waals surface area contributed by atoms with Crippen molar-refractivity contribution < 1.29 is 17.8 Å². The van der Waals surface area contributed by atoms with Gasteiger partial charge in [0.15, 0.2) is 0 Å². The number of rotatable bonds is 5. The second-order valence-electron chi connectivity index (χ2n) is 4.53. The highest BCUT2D eigenvalue weighted by molar-refractivity contribution is 7.86. The lowest BCUT2D eigenvalue weighted by atomic mass is 9.96. The lowest BCUT2D eigenvalue weighted by Crippen LogP contribution is -2.07.